The molecule has 0 aliphatic carbocycles. The molecule has 1 N–H and O–H groups in total. The third-order valence-electron chi connectivity index (χ3n) is 5.56. The molecule has 0 atom stereocenters. The quantitative estimate of drug-likeness (QED) is 0.561. The van der Waals surface area contributed by atoms with Crippen molar-refractivity contribution in [3.63, 3.8) is 0 Å². The Hall–Kier alpha value is -2.32. The van der Waals surface area contributed by atoms with Gasteiger partial charge in [0.1, 0.15) is 11.5 Å². The van der Waals surface area contributed by atoms with Crippen LogP contribution in [-0.2, 0) is 6.54 Å². The second kappa shape index (κ2) is 9.87. The van der Waals surface area contributed by atoms with E-state index in [4.69, 9.17) is 11.6 Å². The average Bonchev–Trinajstić information content (AvgIpc) is 3.16. The Bertz CT molecular complexity index is 1030. The van der Waals surface area contributed by atoms with Crippen molar-refractivity contribution < 1.29 is 8.78 Å². The van der Waals surface area contributed by atoms with E-state index in [9.17, 15) is 8.78 Å². The van der Waals surface area contributed by atoms with Crippen molar-refractivity contribution >= 4 is 11.6 Å². The van der Waals surface area contributed by atoms with Crippen molar-refractivity contribution in [3.8, 4) is 16.9 Å². The van der Waals surface area contributed by atoms with Crippen LogP contribution in [0.15, 0.2) is 48.7 Å². The molecule has 0 amide bonds. The van der Waals surface area contributed by atoms with Crippen LogP contribution in [0.5, 0.6) is 0 Å². The van der Waals surface area contributed by atoms with Crippen LogP contribution in [0.2, 0.25) is 5.02 Å². The second-order valence-corrected chi connectivity index (χ2v) is 8.31. The SMILES string of the molecule is CN1CCN(CCNCc2cn(-c3ccc(F)cc3F)nc2-c2cccc(Cl)c2)CC1. The highest BCUT2D eigenvalue weighted by Crippen LogP contribution is 2.27. The standard InChI is InChI=1S/C23H26ClF2N5/c1-29-9-11-30(12-10-29)8-7-27-15-18-16-31(22-6-5-20(25)14-21(22)26)28-23(18)17-3-2-4-19(24)13-17/h2-6,13-14,16,27H,7-12,15H2,1H3. The van der Waals surface area contributed by atoms with Crippen LogP contribution in [0.4, 0.5) is 8.78 Å². The summed E-state index contributed by atoms with van der Waals surface area (Å²) >= 11 is 6.18. The molecule has 4 rings (SSSR count). The van der Waals surface area contributed by atoms with Crippen LogP contribution >= 0.6 is 11.6 Å². The highest BCUT2D eigenvalue weighted by molar-refractivity contribution is 6.30. The molecule has 1 fully saturated rings. The Morgan fingerprint density at radius 2 is 1.87 bits per heavy atom. The zero-order chi connectivity index (χ0) is 21.8. The number of benzene rings is 2. The highest BCUT2D eigenvalue weighted by Gasteiger charge is 2.16. The topological polar surface area (TPSA) is 36.3 Å². The van der Waals surface area contributed by atoms with E-state index in [0.29, 0.717) is 11.6 Å². The van der Waals surface area contributed by atoms with E-state index in [2.05, 4.69) is 27.3 Å². The summed E-state index contributed by atoms with van der Waals surface area (Å²) in [7, 11) is 2.15. The van der Waals surface area contributed by atoms with E-state index >= 15 is 0 Å². The summed E-state index contributed by atoms with van der Waals surface area (Å²) < 4.78 is 29.1. The normalized spacial score (nSPS) is 15.5. The fourth-order valence-corrected chi connectivity index (χ4v) is 3.93. The molecule has 5 nitrogen and oxygen atoms in total. The number of likely N-dealkylation sites (N-methyl/N-ethyl adjacent to an activating group) is 1. The average molecular weight is 446 g/mol. The van der Waals surface area contributed by atoms with Gasteiger partial charge in [-0.1, -0.05) is 23.7 Å². The van der Waals surface area contributed by atoms with E-state index in [-0.39, 0.29) is 5.69 Å². The minimum absolute atomic E-state index is 0.202. The molecule has 1 saturated heterocycles. The van der Waals surface area contributed by atoms with Crippen LogP contribution in [0.3, 0.4) is 0 Å². The van der Waals surface area contributed by atoms with Gasteiger partial charge in [-0.15, -0.1) is 0 Å². The molecular formula is C23H26ClF2N5. The van der Waals surface area contributed by atoms with Crippen LogP contribution in [0, 0.1) is 11.6 Å². The van der Waals surface area contributed by atoms with Crippen molar-refractivity contribution in [1.29, 1.82) is 0 Å². The predicted molar refractivity (Wildman–Crippen MR) is 120 cm³/mol. The molecule has 3 aromatic rings. The first kappa shape index (κ1) is 21.9. The van der Waals surface area contributed by atoms with Gasteiger partial charge in [-0.2, -0.15) is 5.10 Å². The van der Waals surface area contributed by atoms with Gasteiger partial charge in [-0.25, -0.2) is 13.5 Å². The molecular weight excluding hydrogens is 420 g/mol. The Balaban J connectivity index is 1.51. The highest BCUT2D eigenvalue weighted by atomic mass is 35.5. The molecule has 0 saturated carbocycles. The Labute approximate surface area is 186 Å². The second-order valence-electron chi connectivity index (χ2n) is 7.88. The van der Waals surface area contributed by atoms with Crippen molar-refractivity contribution in [2.45, 2.75) is 6.54 Å². The summed E-state index contributed by atoms with van der Waals surface area (Å²) in [5.41, 5.74) is 2.70. The summed E-state index contributed by atoms with van der Waals surface area (Å²) in [4.78, 5) is 4.78. The first-order valence-electron chi connectivity index (χ1n) is 10.4. The summed E-state index contributed by atoms with van der Waals surface area (Å²) in [5.74, 6) is -1.27. The summed E-state index contributed by atoms with van der Waals surface area (Å²) in [5, 5.41) is 8.68. The molecule has 0 radical (unpaired) electrons. The van der Waals surface area contributed by atoms with Gasteiger partial charge in [0.25, 0.3) is 0 Å². The number of nitrogens with one attached hydrogen (secondary N) is 1. The lowest BCUT2D eigenvalue weighted by Crippen LogP contribution is -2.46. The Morgan fingerprint density at radius 1 is 1.06 bits per heavy atom. The van der Waals surface area contributed by atoms with E-state index in [1.54, 1.807) is 12.3 Å². The molecule has 1 aliphatic rings. The van der Waals surface area contributed by atoms with Crippen molar-refractivity contribution in [3.05, 3.63) is 70.9 Å². The van der Waals surface area contributed by atoms with Gasteiger partial charge in [-0.3, -0.25) is 4.90 Å². The smallest absolute Gasteiger partial charge is 0.151 e. The largest absolute Gasteiger partial charge is 0.311 e. The number of nitrogens with zero attached hydrogens (tertiary/aromatic N) is 4. The molecule has 0 spiro atoms. The lowest BCUT2D eigenvalue weighted by molar-refractivity contribution is 0.154. The predicted octanol–water partition coefficient (Wildman–Crippen LogP) is 3.81. The maximum absolute atomic E-state index is 14.3. The monoisotopic (exact) mass is 445 g/mol. The zero-order valence-electron chi connectivity index (χ0n) is 17.5. The van der Waals surface area contributed by atoms with Gasteiger partial charge in [0.05, 0.1) is 5.69 Å². The zero-order valence-corrected chi connectivity index (χ0v) is 18.2. The molecule has 1 aromatic heterocycles. The fraction of sp³-hybridized carbons (Fsp3) is 0.348. The number of rotatable bonds is 7. The van der Waals surface area contributed by atoms with Crippen LogP contribution in [0.1, 0.15) is 5.56 Å². The van der Waals surface area contributed by atoms with E-state index < -0.39 is 11.6 Å². The van der Waals surface area contributed by atoms with Crippen LogP contribution in [-0.4, -0.2) is 65.9 Å². The van der Waals surface area contributed by atoms with Gasteiger partial charge in [0, 0.05) is 74.2 Å². The van der Waals surface area contributed by atoms with Gasteiger partial charge >= 0.3 is 0 Å². The number of aromatic nitrogens is 2. The maximum atomic E-state index is 14.3. The van der Waals surface area contributed by atoms with Crippen molar-refractivity contribution in [2.24, 2.45) is 0 Å². The van der Waals surface area contributed by atoms with Crippen molar-refractivity contribution in [2.75, 3.05) is 46.3 Å². The molecule has 164 valence electrons. The van der Waals surface area contributed by atoms with E-state index in [1.165, 1.54) is 16.8 Å². The van der Waals surface area contributed by atoms with E-state index in [0.717, 1.165) is 62.2 Å². The Morgan fingerprint density at radius 3 is 2.61 bits per heavy atom. The first-order valence-corrected chi connectivity index (χ1v) is 10.8. The third kappa shape index (κ3) is 5.49. The third-order valence-corrected chi connectivity index (χ3v) is 5.80. The maximum Gasteiger partial charge on any atom is 0.151 e. The molecule has 1 aliphatic heterocycles. The number of hydrogen-bond acceptors (Lipinski definition) is 4. The minimum Gasteiger partial charge on any atom is -0.311 e. The summed E-state index contributed by atoms with van der Waals surface area (Å²) in [6.07, 6.45) is 1.79. The summed E-state index contributed by atoms with van der Waals surface area (Å²) in [6.45, 7) is 6.74. The Kier molecular flexibility index (Phi) is 6.97. The first-order chi connectivity index (χ1) is 15.0. The van der Waals surface area contributed by atoms with Crippen molar-refractivity contribution in [1.82, 2.24) is 24.9 Å². The summed E-state index contributed by atoms with van der Waals surface area (Å²) in [6, 6.07) is 10.9. The van der Waals surface area contributed by atoms with E-state index in [1.807, 2.05) is 18.2 Å². The molecule has 8 heteroatoms. The molecule has 2 aromatic carbocycles. The minimum atomic E-state index is -0.658. The molecule has 2 heterocycles. The lowest BCUT2D eigenvalue weighted by atomic mass is 10.1. The van der Waals surface area contributed by atoms with Gasteiger partial charge in [0.15, 0.2) is 5.82 Å². The van der Waals surface area contributed by atoms with Crippen LogP contribution in [0.25, 0.3) is 16.9 Å². The van der Waals surface area contributed by atoms with Gasteiger partial charge in [-0.05, 0) is 31.3 Å². The molecule has 31 heavy (non-hydrogen) atoms. The molecule has 0 bridgehead atoms. The number of piperazine rings is 1. The van der Waals surface area contributed by atoms with Crippen LogP contribution < -0.4 is 5.32 Å². The molecule has 0 unspecified atom stereocenters. The lowest BCUT2D eigenvalue weighted by Gasteiger charge is -2.32. The number of hydrogen-bond donors (Lipinski definition) is 1. The van der Waals surface area contributed by atoms with Gasteiger partial charge < -0.3 is 10.2 Å². The fourth-order valence-electron chi connectivity index (χ4n) is 3.74. The number of halogens is 3. The van der Waals surface area contributed by atoms with Gasteiger partial charge in [0.2, 0.25) is 0 Å².